The van der Waals surface area contributed by atoms with Crippen molar-refractivity contribution in [1.29, 1.82) is 0 Å². The SMILES string of the molecule is CCN(CC)CCN(C(=O)c1cc(C)nn1C)c1nc2c(F)cc(F)cc2s1. The lowest BCUT2D eigenvalue weighted by Crippen LogP contribution is -2.39. The predicted octanol–water partition coefficient (Wildman–Crippen LogP) is 3.61. The molecule has 0 radical (unpaired) electrons. The van der Waals surface area contributed by atoms with Crippen molar-refractivity contribution in [1.82, 2.24) is 19.7 Å². The number of nitrogens with zero attached hydrogens (tertiary/aromatic N) is 5. The molecule has 0 aliphatic carbocycles. The molecule has 28 heavy (non-hydrogen) atoms. The highest BCUT2D eigenvalue weighted by Gasteiger charge is 2.25. The Morgan fingerprint density at radius 1 is 1.18 bits per heavy atom. The van der Waals surface area contributed by atoms with Crippen molar-refractivity contribution in [2.24, 2.45) is 7.05 Å². The first-order valence-corrected chi connectivity index (χ1v) is 9.96. The third-order valence-corrected chi connectivity index (χ3v) is 5.66. The van der Waals surface area contributed by atoms with Gasteiger partial charge in [-0.1, -0.05) is 25.2 Å². The van der Waals surface area contributed by atoms with Crippen LogP contribution in [0.2, 0.25) is 0 Å². The number of thiazole rings is 1. The van der Waals surface area contributed by atoms with E-state index in [0.717, 1.165) is 36.2 Å². The van der Waals surface area contributed by atoms with Gasteiger partial charge in [0.15, 0.2) is 10.9 Å². The molecule has 0 atom stereocenters. The van der Waals surface area contributed by atoms with E-state index in [1.165, 1.54) is 15.6 Å². The molecular weight excluding hydrogens is 384 g/mol. The van der Waals surface area contributed by atoms with Crippen LogP contribution in [0.25, 0.3) is 10.2 Å². The number of hydrogen-bond donors (Lipinski definition) is 0. The van der Waals surface area contributed by atoms with Crippen molar-refractivity contribution in [2.75, 3.05) is 31.1 Å². The average molecular weight is 407 g/mol. The van der Waals surface area contributed by atoms with Gasteiger partial charge < -0.3 is 4.90 Å². The normalized spacial score (nSPS) is 11.5. The van der Waals surface area contributed by atoms with Crippen molar-refractivity contribution >= 4 is 32.6 Å². The van der Waals surface area contributed by atoms with E-state index in [9.17, 15) is 13.6 Å². The zero-order valence-corrected chi connectivity index (χ0v) is 17.2. The minimum absolute atomic E-state index is 0.0724. The molecule has 0 bridgehead atoms. The number of aryl methyl sites for hydroxylation is 2. The number of fused-ring (bicyclic) bond motifs is 1. The van der Waals surface area contributed by atoms with Crippen LogP contribution in [-0.4, -0.2) is 51.8 Å². The highest BCUT2D eigenvalue weighted by atomic mass is 32.1. The van der Waals surface area contributed by atoms with Crippen molar-refractivity contribution in [3.8, 4) is 0 Å². The zero-order chi connectivity index (χ0) is 20.4. The van der Waals surface area contributed by atoms with Gasteiger partial charge in [-0.2, -0.15) is 5.10 Å². The highest BCUT2D eigenvalue weighted by molar-refractivity contribution is 7.22. The first-order valence-electron chi connectivity index (χ1n) is 9.14. The second-order valence-corrected chi connectivity index (χ2v) is 7.52. The fourth-order valence-electron chi connectivity index (χ4n) is 3.08. The Hall–Kier alpha value is -2.39. The maximum Gasteiger partial charge on any atom is 0.278 e. The van der Waals surface area contributed by atoms with Gasteiger partial charge in [0.2, 0.25) is 0 Å². The largest absolute Gasteiger partial charge is 0.302 e. The van der Waals surface area contributed by atoms with Crippen molar-refractivity contribution in [3.05, 3.63) is 41.2 Å². The molecule has 2 aromatic heterocycles. The molecule has 0 saturated carbocycles. The lowest BCUT2D eigenvalue weighted by molar-refractivity contribution is 0.0974. The molecule has 0 unspecified atom stereocenters. The van der Waals surface area contributed by atoms with Gasteiger partial charge in [0, 0.05) is 26.2 Å². The molecule has 0 fully saturated rings. The smallest absolute Gasteiger partial charge is 0.278 e. The molecule has 0 spiro atoms. The van der Waals surface area contributed by atoms with E-state index in [2.05, 4.69) is 28.8 Å². The van der Waals surface area contributed by atoms with Gasteiger partial charge in [0.05, 0.1) is 10.4 Å². The summed E-state index contributed by atoms with van der Waals surface area (Å²) in [6.45, 7) is 8.64. The number of amides is 1. The van der Waals surface area contributed by atoms with Crippen LogP contribution in [0.3, 0.4) is 0 Å². The Labute approximate surface area is 166 Å². The topological polar surface area (TPSA) is 54.3 Å². The lowest BCUT2D eigenvalue weighted by Gasteiger charge is -2.24. The first-order chi connectivity index (χ1) is 13.3. The number of carbonyl (C=O) groups is 1. The van der Waals surface area contributed by atoms with Crippen LogP contribution in [0, 0.1) is 18.6 Å². The van der Waals surface area contributed by atoms with Crippen LogP contribution in [0.15, 0.2) is 18.2 Å². The fraction of sp³-hybridized carbons (Fsp3) is 0.421. The number of benzene rings is 1. The first kappa shape index (κ1) is 20.3. The Bertz CT molecular complexity index is 996. The summed E-state index contributed by atoms with van der Waals surface area (Å²) in [7, 11) is 1.70. The Morgan fingerprint density at radius 2 is 1.89 bits per heavy atom. The highest BCUT2D eigenvalue weighted by Crippen LogP contribution is 2.32. The number of hydrogen-bond acceptors (Lipinski definition) is 5. The molecule has 1 aromatic carbocycles. The lowest BCUT2D eigenvalue weighted by atomic mass is 10.3. The number of likely N-dealkylation sites (N-methyl/N-ethyl adjacent to an activating group) is 1. The second kappa shape index (κ2) is 8.32. The molecule has 0 saturated heterocycles. The van der Waals surface area contributed by atoms with Crippen LogP contribution in [0.1, 0.15) is 30.0 Å². The van der Waals surface area contributed by atoms with Crippen LogP contribution in [0.5, 0.6) is 0 Å². The molecule has 0 N–H and O–H groups in total. The number of rotatable bonds is 7. The Kier molecular flexibility index (Phi) is 6.04. The number of halogens is 2. The molecule has 0 aliphatic heterocycles. The maximum absolute atomic E-state index is 14.1. The molecule has 3 aromatic rings. The zero-order valence-electron chi connectivity index (χ0n) is 16.4. The van der Waals surface area contributed by atoms with Crippen LogP contribution < -0.4 is 4.90 Å². The van der Waals surface area contributed by atoms with Crippen LogP contribution >= 0.6 is 11.3 Å². The number of aromatic nitrogens is 3. The minimum atomic E-state index is -0.731. The summed E-state index contributed by atoms with van der Waals surface area (Å²) in [6, 6.07) is 3.75. The molecule has 3 rings (SSSR count). The number of anilines is 1. The molecular formula is C19H23F2N5OS. The summed E-state index contributed by atoms with van der Waals surface area (Å²) >= 11 is 1.10. The van der Waals surface area contributed by atoms with E-state index >= 15 is 0 Å². The van der Waals surface area contributed by atoms with Crippen molar-refractivity contribution in [3.63, 3.8) is 0 Å². The maximum atomic E-state index is 14.1. The van der Waals surface area contributed by atoms with Crippen LogP contribution in [0.4, 0.5) is 13.9 Å². The van der Waals surface area contributed by atoms with E-state index in [1.54, 1.807) is 13.1 Å². The van der Waals surface area contributed by atoms with Crippen molar-refractivity contribution in [2.45, 2.75) is 20.8 Å². The quantitative estimate of drug-likeness (QED) is 0.601. The van der Waals surface area contributed by atoms with E-state index in [0.29, 0.717) is 28.6 Å². The Morgan fingerprint density at radius 3 is 2.50 bits per heavy atom. The molecule has 150 valence electrons. The monoisotopic (exact) mass is 407 g/mol. The van der Waals surface area contributed by atoms with Gasteiger partial charge in [-0.25, -0.2) is 13.8 Å². The van der Waals surface area contributed by atoms with Gasteiger partial charge in [0.25, 0.3) is 5.91 Å². The van der Waals surface area contributed by atoms with Gasteiger partial charge >= 0.3 is 0 Å². The summed E-state index contributed by atoms with van der Waals surface area (Å²) < 4.78 is 29.6. The van der Waals surface area contributed by atoms with E-state index in [4.69, 9.17) is 0 Å². The van der Waals surface area contributed by atoms with Gasteiger partial charge in [-0.3, -0.25) is 14.4 Å². The molecule has 1 amide bonds. The minimum Gasteiger partial charge on any atom is -0.302 e. The second-order valence-electron chi connectivity index (χ2n) is 6.51. The molecule has 2 heterocycles. The van der Waals surface area contributed by atoms with E-state index in [-0.39, 0.29) is 11.4 Å². The fourth-order valence-corrected chi connectivity index (χ4v) is 4.10. The van der Waals surface area contributed by atoms with Gasteiger partial charge in [0.1, 0.15) is 17.0 Å². The van der Waals surface area contributed by atoms with Crippen LogP contribution in [-0.2, 0) is 7.05 Å². The van der Waals surface area contributed by atoms with Crippen molar-refractivity contribution < 1.29 is 13.6 Å². The third kappa shape index (κ3) is 4.05. The Balaban J connectivity index is 2.01. The average Bonchev–Trinajstić information content (AvgIpc) is 3.21. The van der Waals surface area contributed by atoms with Gasteiger partial charge in [-0.15, -0.1) is 0 Å². The summed E-state index contributed by atoms with van der Waals surface area (Å²) in [5, 5.41) is 4.58. The van der Waals surface area contributed by atoms with Gasteiger partial charge in [-0.05, 0) is 32.1 Å². The molecule has 0 aliphatic rings. The summed E-state index contributed by atoms with van der Waals surface area (Å²) in [6.07, 6.45) is 0. The summed E-state index contributed by atoms with van der Waals surface area (Å²) in [5.74, 6) is -1.66. The summed E-state index contributed by atoms with van der Waals surface area (Å²) in [4.78, 5) is 21.3. The molecule has 9 heteroatoms. The predicted molar refractivity (Wildman–Crippen MR) is 107 cm³/mol. The van der Waals surface area contributed by atoms with E-state index < -0.39 is 11.6 Å². The molecule has 6 nitrogen and oxygen atoms in total. The summed E-state index contributed by atoms with van der Waals surface area (Å²) in [5.41, 5.74) is 1.22. The number of carbonyl (C=O) groups excluding carboxylic acids is 1. The van der Waals surface area contributed by atoms with E-state index in [1.807, 2.05) is 6.92 Å². The standard InChI is InChI=1S/C19H23F2N5OS/c1-5-25(6-2)7-8-26(18(27)15-9-12(3)23-24(15)4)19-22-17-14(21)10-13(20)11-16(17)28-19/h9-11H,5-8H2,1-4H3. The third-order valence-electron chi connectivity index (χ3n) is 4.63.